The van der Waals surface area contributed by atoms with Gasteiger partial charge in [-0.15, -0.1) is 0 Å². The van der Waals surface area contributed by atoms with E-state index in [2.05, 4.69) is 24.4 Å². The molecular weight excluding hydrogens is 358 g/mol. The van der Waals surface area contributed by atoms with Gasteiger partial charge in [-0.1, -0.05) is 54.9 Å². The first-order valence-electron chi connectivity index (χ1n) is 9.32. The lowest BCUT2D eigenvalue weighted by molar-refractivity contribution is -0.114. The summed E-state index contributed by atoms with van der Waals surface area (Å²) in [5.74, 6) is 0.570. The summed E-state index contributed by atoms with van der Waals surface area (Å²) in [5.41, 5.74) is 4.02. The summed E-state index contributed by atoms with van der Waals surface area (Å²) >= 11 is 6.38. The van der Waals surface area contributed by atoms with Gasteiger partial charge in [-0.2, -0.15) is 0 Å². The van der Waals surface area contributed by atoms with Crippen LogP contribution in [0.3, 0.4) is 0 Å². The van der Waals surface area contributed by atoms with Crippen molar-refractivity contribution in [2.45, 2.75) is 25.7 Å². The molecule has 1 N–H and O–H groups in total. The standard InChI is InChI=1S/C23H22ClNO2/c1-15-13-25-23-20(24)11-12-21-22(23)19(14-27-21)18(15)10-9-17(26)8-7-16-5-3-2-4-6-16/h2-6,9-12,14-15,18,25H,7-8,13H2,1H3. The molecule has 2 heterocycles. The van der Waals surface area contributed by atoms with Crippen molar-refractivity contribution >= 4 is 34.0 Å². The van der Waals surface area contributed by atoms with E-state index in [0.29, 0.717) is 17.4 Å². The van der Waals surface area contributed by atoms with Crippen LogP contribution in [0.15, 0.2) is 65.3 Å². The monoisotopic (exact) mass is 379 g/mol. The number of carbonyl (C=O) groups excluding carboxylic acids is 1. The molecule has 0 bridgehead atoms. The Labute approximate surface area is 164 Å². The summed E-state index contributed by atoms with van der Waals surface area (Å²) in [6.45, 7) is 2.97. The molecule has 138 valence electrons. The van der Waals surface area contributed by atoms with Crippen LogP contribution in [0.4, 0.5) is 5.69 Å². The smallest absolute Gasteiger partial charge is 0.155 e. The fourth-order valence-corrected chi connectivity index (χ4v) is 3.97. The molecule has 3 nitrogen and oxygen atoms in total. The van der Waals surface area contributed by atoms with E-state index in [1.807, 2.05) is 36.4 Å². The zero-order valence-electron chi connectivity index (χ0n) is 15.2. The third-order valence-corrected chi connectivity index (χ3v) is 5.60. The molecular formula is C23H22ClNO2. The summed E-state index contributed by atoms with van der Waals surface area (Å²) in [7, 11) is 0. The van der Waals surface area contributed by atoms with Crippen LogP contribution in [0.1, 0.15) is 30.4 Å². The molecule has 27 heavy (non-hydrogen) atoms. The van der Waals surface area contributed by atoms with Gasteiger partial charge in [0, 0.05) is 29.8 Å². The molecule has 2 aromatic carbocycles. The topological polar surface area (TPSA) is 42.2 Å². The molecule has 0 spiro atoms. The van der Waals surface area contributed by atoms with Crippen molar-refractivity contribution in [1.82, 2.24) is 0 Å². The Bertz CT molecular complexity index is 990. The summed E-state index contributed by atoms with van der Waals surface area (Å²) in [6.07, 6.45) is 6.85. The Balaban J connectivity index is 1.55. The molecule has 0 fully saturated rings. The normalized spacial score (nSPS) is 19.2. The van der Waals surface area contributed by atoms with E-state index in [1.165, 1.54) is 5.56 Å². The highest BCUT2D eigenvalue weighted by Gasteiger charge is 2.27. The lowest BCUT2D eigenvalue weighted by Crippen LogP contribution is -2.15. The third-order valence-electron chi connectivity index (χ3n) is 5.28. The van der Waals surface area contributed by atoms with E-state index >= 15 is 0 Å². The number of carbonyl (C=O) groups is 1. The minimum Gasteiger partial charge on any atom is -0.464 e. The molecule has 4 rings (SSSR count). The molecule has 0 saturated carbocycles. The predicted octanol–water partition coefficient (Wildman–Crippen LogP) is 5.99. The fourth-order valence-electron chi connectivity index (χ4n) is 3.74. The first-order chi connectivity index (χ1) is 13.1. The summed E-state index contributed by atoms with van der Waals surface area (Å²) in [6, 6.07) is 13.9. The number of hydrogen-bond acceptors (Lipinski definition) is 3. The van der Waals surface area contributed by atoms with Gasteiger partial charge in [0.05, 0.1) is 17.0 Å². The van der Waals surface area contributed by atoms with Crippen LogP contribution in [0.25, 0.3) is 11.0 Å². The molecule has 1 aliphatic rings. The van der Waals surface area contributed by atoms with Gasteiger partial charge >= 0.3 is 0 Å². The lowest BCUT2D eigenvalue weighted by Gasteiger charge is -2.17. The van der Waals surface area contributed by atoms with Crippen LogP contribution in [0.2, 0.25) is 5.02 Å². The minimum absolute atomic E-state index is 0.110. The van der Waals surface area contributed by atoms with Gasteiger partial charge in [0.1, 0.15) is 5.58 Å². The van der Waals surface area contributed by atoms with E-state index in [9.17, 15) is 4.79 Å². The van der Waals surface area contributed by atoms with Gasteiger partial charge in [-0.25, -0.2) is 0 Å². The number of ketones is 1. The number of allylic oxidation sites excluding steroid dienone is 2. The Morgan fingerprint density at radius 1 is 1.26 bits per heavy atom. The SMILES string of the molecule is CC1CNc2c(Cl)ccc3occ(c23)C1C=CC(=O)CCc1ccccc1. The average Bonchev–Trinajstić information content (AvgIpc) is 3.04. The number of halogens is 1. The van der Waals surface area contributed by atoms with Crippen molar-refractivity contribution in [3.8, 4) is 0 Å². The number of rotatable bonds is 5. The second-order valence-electron chi connectivity index (χ2n) is 7.18. The number of nitrogens with one attached hydrogen (secondary N) is 1. The number of benzene rings is 2. The minimum atomic E-state index is 0.110. The van der Waals surface area contributed by atoms with Crippen molar-refractivity contribution < 1.29 is 9.21 Å². The number of hydrogen-bond donors (Lipinski definition) is 1. The zero-order chi connectivity index (χ0) is 18.8. The summed E-state index contributed by atoms with van der Waals surface area (Å²) in [5, 5.41) is 5.17. The van der Waals surface area contributed by atoms with Crippen molar-refractivity contribution in [2.24, 2.45) is 5.92 Å². The zero-order valence-corrected chi connectivity index (χ0v) is 16.0. The van der Waals surface area contributed by atoms with Crippen molar-refractivity contribution in [2.75, 3.05) is 11.9 Å². The molecule has 2 atom stereocenters. The van der Waals surface area contributed by atoms with E-state index in [1.54, 1.807) is 12.3 Å². The van der Waals surface area contributed by atoms with E-state index in [0.717, 1.165) is 35.2 Å². The molecule has 0 saturated heterocycles. The summed E-state index contributed by atoms with van der Waals surface area (Å²) in [4.78, 5) is 12.4. The van der Waals surface area contributed by atoms with Crippen LogP contribution >= 0.6 is 11.6 Å². The van der Waals surface area contributed by atoms with Crippen LogP contribution in [0, 0.1) is 5.92 Å². The number of furan rings is 1. The Morgan fingerprint density at radius 2 is 2.07 bits per heavy atom. The quantitative estimate of drug-likeness (QED) is 0.553. The first kappa shape index (κ1) is 17.9. The van der Waals surface area contributed by atoms with Gasteiger partial charge in [0.2, 0.25) is 0 Å². The average molecular weight is 380 g/mol. The highest BCUT2D eigenvalue weighted by Crippen LogP contribution is 2.43. The molecule has 0 amide bonds. The fraction of sp³-hybridized carbons (Fsp3) is 0.261. The van der Waals surface area contributed by atoms with Crippen LogP contribution < -0.4 is 5.32 Å². The summed E-state index contributed by atoms with van der Waals surface area (Å²) < 4.78 is 5.74. The maximum absolute atomic E-state index is 12.4. The third kappa shape index (κ3) is 3.65. The number of aryl methyl sites for hydroxylation is 1. The first-order valence-corrected chi connectivity index (χ1v) is 9.69. The van der Waals surface area contributed by atoms with Crippen molar-refractivity contribution in [3.63, 3.8) is 0 Å². The Morgan fingerprint density at radius 3 is 2.89 bits per heavy atom. The molecule has 2 unspecified atom stereocenters. The van der Waals surface area contributed by atoms with Crippen molar-refractivity contribution in [1.29, 1.82) is 0 Å². The van der Waals surface area contributed by atoms with Crippen molar-refractivity contribution in [3.05, 3.63) is 77.0 Å². The molecule has 3 aromatic rings. The highest BCUT2D eigenvalue weighted by atomic mass is 35.5. The van der Waals surface area contributed by atoms with Crippen LogP contribution in [0.5, 0.6) is 0 Å². The van der Waals surface area contributed by atoms with Gasteiger partial charge in [0.15, 0.2) is 5.78 Å². The van der Waals surface area contributed by atoms with Gasteiger partial charge < -0.3 is 9.73 Å². The maximum atomic E-state index is 12.4. The molecule has 1 aliphatic heterocycles. The molecule has 0 aliphatic carbocycles. The number of anilines is 1. The van der Waals surface area contributed by atoms with E-state index in [-0.39, 0.29) is 11.7 Å². The van der Waals surface area contributed by atoms with Crippen LogP contribution in [-0.4, -0.2) is 12.3 Å². The van der Waals surface area contributed by atoms with E-state index in [4.69, 9.17) is 16.0 Å². The molecule has 0 radical (unpaired) electrons. The highest BCUT2D eigenvalue weighted by molar-refractivity contribution is 6.35. The predicted molar refractivity (Wildman–Crippen MR) is 111 cm³/mol. The molecule has 1 aromatic heterocycles. The van der Waals surface area contributed by atoms with Crippen LogP contribution in [-0.2, 0) is 11.2 Å². The lowest BCUT2D eigenvalue weighted by atomic mass is 9.87. The Hall–Kier alpha value is -2.52. The second-order valence-corrected chi connectivity index (χ2v) is 7.59. The maximum Gasteiger partial charge on any atom is 0.155 e. The van der Waals surface area contributed by atoms with Gasteiger partial charge in [-0.3, -0.25) is 4.79 Å². The second kappa shape index (κ2) is 7.61. The molecule has 4 heteroatoms. The van der Waals surface area contributed by atoms with E-state index < -0.39 is 0 Å². The largest absolute Gasteiger partial charge is 0.464 e. The van der Waals surface area contributed by atoms with Gasteiger partial charge in [-0.05, 0) is 36.1 Å². The van der Waals surface area contributed by atoms with Gasteiger partial charge in [0.25, 0.3) is 0 Å². The Kier molecular flexibility index (Phi) is 5.04.